The van der Waals surface area contributed by atoms with E-state index in [1.54, 1.807) is 0 Å². The Morgan fingerprint density at radius 2 is 1.79 bits per heavy atom. The van der Waals surface area contributed by atoms with E-state index in [1.807, 2.05) is 13.8 Å². The van der Waals surface area contributed by atoms with E-state index < -0.39 is 30.3 Å². The van der Waals surface area contributed by atoms with Gasteiger partial charge in [-0.2, -0.15) is 13.2 Å². The molecule has 1 amide bonds. The van der Waals surface area contributed by atoms with Crippen LogP contribution in [0.2, 0.25) is 0 Å². The number of amides is 1. The van der Waals surface area contributed by atoms with Crippen LogP contribution < -0.4 is 21.5 Å². The minimum Gasteiger partial charge on any atom is -0.393 e. The highest BCUT2D eigenvalue weighted by Gasteiger charge is 2.43. The molecule has 0 spiro atoms. The largest absolute Gasteiger partial charge is 0.393 e. The van der Waals surface area contributed by atoms with Crippen molar-refractivity contribution < 1.29 is 27.5 Å². The number of nitrogens with one attached hydrogen (secondary N) is 4. The summed E-state index contributed by atoms with van der Waals surface area (Å²) < 4.78 is 53.2. The number of carbonyl (C=O) groups is 1. The molecule has 0 aromatic carbocycles. The summed E-state index contributed by atoms with van der Waals surface area (Å²) >= 11 is 0. The fourth-order valence-corrected chi connectivity index (χ4v) is 4.99. The summed E-state index contributed by atoms with van der Waals surface area (Å²) in [5.74, 6) is -1.80. The van der Waals surface area contributed by atoms with Crippen LogP contribution >= 0.6 is 0 Å². The monoisotopic (exact) mass is 479 g/mol. The molecule has 5 N–H and O–H groups in total. The molecule has 0 radical (unpaired) electrons. The van der Waals surface area contributed by atoms with E-state index in [0.717, 1.165) is 0 Å². The van der Waals surface area contributed by atoms with Gasteiger partial charge in [-0.25, -0.2) is 9.82 Å². The zero-order valence-corrected chi connectivity index (χ0v) is 19.3. The van der Waals surface area contributed by atoms with Gasteiger partial charge in [0.2, 0.25) is 5.91 Å². The Labute approximate surface area is 192 Å². The number of guanidine groups is 1. The molecule has 1 heterocycles. The fourth-order valence-electron chi connectivity index (χ4n) is 4.99. The van der Waals surface area contributed by atoms with E-state index in [-0.39, 0.29) is 68.0 Å². The molecule has 3 aliphatic rings. The van der Waals surface area contributed by atoms with Gasteiger partial charge < -0.3 is 10.4 Å². The lowest BCUT2D eigenvalue weighted by Gasteiger charge is -2.32. The molecule has 7 nitrogen and oxygen atoms in total. The fraction of sp³-hybridized carbons (Fsp3) is 0.909. The van der Waals surface area contributed by atoms with Crippen molar-refractivity contribution in [1.82, 2.24) is 21.5 Å². The molecule has 0 bridgehead atoms. The number of nitrogens with zero attached hydrogens (tertiary/aromatic N) is 1. The molecule has 2 saturated carbocycles. The predicted molar refractivity (Wildman–Crippen MR) is 117 cm³/mol. The number of halogens is 4. The highest BCUT2D eigenvalue weighted by molar-refractivity contribution is 5.98. The third-order valence-electron chi connectivity index (χ3n) is 6.97. The number of aliphatic hydroxyl groups is 1. The quantitative estimate of drug-likeness (QED) is 0.237. The van der Waals surface area contributed by atoms with Crippen molar-refractivity contribution in [2.45, 2.75) is 95.9 Å². The summed E-state index contributed by atoms with van der Waals surface area (Å²) in [4.78, 5) is 17.2. The lowest BCUT2D eigenvalue weighted by Crippen LogP contribution is -2.52. The Morgan fingerprint density at radius 3 is 2.39 bits per heavy atom. The molecule has 0 aromatic heterocycles. The first-order valence-electron chi connectivity index (χ1n) is 12.0. The van der Waals surface area contributed by atoms with Gasteiger partial charge in [0, 0.05) is 30.8 Å². The summed E-state index contributed by atoms with van der Waals surface area (Å²) in [6.07, 6.45) is -3.95. The standard InChI is InChI=1S/C22H37F4N5O2/c1-12(2)11-27-21(29-20(33)13-3-5-14(6-4-13)22(24,25)26)28-19-10-18(30-31-19)16-8-7-15(32)9-17(16)23/h12-19,30-32H,3-11H2,1-2H3,(H2,27,28,29,33). The zero-order chi connectivity index (χ0) is 24.2. The van der Waals surface area contributed by atoms with Crippen molar-refractivity contribution in [1.29, 1.82) is 0 Å². The number of alkyl halides is 4. The van der Waals surface area contributed by atoms with Crippen LogP contribution in [0.5, 0.6) is 0 Å². The van der Waals surface area contributed by atoms with E-state index in [0.29, 0.717) is 25.8 Å². The Kier molecular flexibility index (Phi) is 8.96. The highest BCUT2D eigenvalue weighted by Crippen LogP contribution is 2.39. The first-order valence-corrected chi connectivity index (χ1v) is 12.0. The zero-order valence-electron chi connectivity index (χ0n) is 19.3. The maximum Gasteiger partial charge on any atom is 0.391 e. The summed E-state index contributed by atoms with van der Waals surface area (Å²) in [6, 6.07) is -0.121. The molecule has 5 unspecified atom stereocenters. The van der Waals surface area contributed by atoms with Crippen LogP contribution in [0, 0.1) is 23.7 Å². The van der Waals surface area contributed by atoms with Gasteiger partial charge in [0.1, 0.15) is 6.17 Å². The van der Waals surface area contributed by atoms with E-state index in [1.165, 1.54) is 0 Å². The van der Waals surface area contributed by atoms with Crippen LogP contribution in [0.15, 0.2) is 4.99 Å². The topological polar surface area (TPSA) is 97.8 Å². The number of hydrazine groups is 1. The van der Waals surface area contributed by atoms with Crippen LogP contribution in [0.3, 0.4) is 0 Å². The molecular formula is C22H37F4N5O2. The molecule has 3 fully saturated rings. The Bertz CT molecular complexity index is 682. The molecule has 1 aliphatic heterocycles. The number of rotatable bonds is 5. The van der Waals surface area contributed by atoms with Gasteiger partial charge in [-0.3, -0.25) is 20.5 Å². The SMILES string of the molecule is CC(C)CN=C(NC(=O)C1CCC(C(F)(F)F)CC1)NC1CC(C2CCC(O)CC2F)NN1. The lowest BCUT2D eigenvalue weighted by molar-refractivity contribution is -0.184. The van der Waals surface area contributed by atoms with Crippen LogP contribution in [0.4, 0.5) is 17.6 Å². The second-order valence-electron chi connectivity index (χ2n) is 10.1. The van der Waals surface area contributed by atoms with Crippen LogP contribution in [-0.2, 0) is 4.79 Å². The van der Waals surface area contributed by atoms with Crippen molar-refractivity contribution in [3.63, 3.8) is 0 Å². The highest BCUT2D eigenvalue weighted by atomic mass is 19.4. The number of hydrogen-bond acceptors (Lipinski definition) is 5. The van der Waals surface area contributed by atoms with Gasteiger partial charge in [-0.1, -0.05) is 13.8 Å². The van der Waals surface area contributed by atoms with Crippen LogP contribution in [0.25, 0.3) is 0 Å². The summed E-state index contributed by atoms with van der Waals surface area (Å²) in [5.41, 5.74) is 6.20. The van der Waals surface area contributed by atoms with Crippen LogP contribution in [-0.4, -0.2) is 54.2 Å². The maximum atomic E-state index is 14.4. The van der Waals surface area contributed by atoms with E-state index >= 15 is 0 Å². The van der Waals surface area contributed by atoms with Gasteiger partial charge in [0.15, 0.2) is 5.96 Å². The van der Waals surface area contributed by atoms with E-state index in [9.17, 15) is 27.5 Å². The molecule has 0 aromatic rings. The number of carbonyl (C=O) groups excluding carboxylic acids is 1. The predicted octanol–water partition coefficient (Wildman–Crippen LogP) is 2.76. The molecule has 5 atom stereocenters. The van der Waals surface area contributed by atoms with Crippen molar-refractivity contribution in [3.05, 3.63) is 0 Å². The van der Waals surface area contributed by atoms with E-state index in [2.05, 4.69) is 26.5 Å². The Morgan fingerprint density at radius 1 is 1.09 bits per heavy atom. The van der Waals surface area contributed by atoms with E-state index in [4.69, 9.17) is 0 Å². The summed E-state index contributed by atoms with van der Waals surface area (Å²) in [7, 11) is 0. The number of hydrogen-bond donors (Lipinski definition) is 5. The molecule has 3 rings (SSSR count). The van der Waals surface area contributed by atoms with Gasteiger partial charge >= 0.3 is 6.18 Å². The van der Waals surface area contributed by atoms with Crippen molar-refractivity contribution in [2.24, 2.45) is 28.7 Å². The molecule has 190 valence electrons. The molecule has 1 saturated heterocycles. The van der Waals surface area contributed by atoms with Crippen molar-refractivity contribution in [3.8, 4) is 0 Å². The Balaban J connectivity index is 1.54. The van der Waals surface area contributed by atoms with Crippen molar-refractivity contribution >= 4 is 11.9 Å². The maximum absolute atomic E-state index is 14.4. The van der Waals surface area contributed by atoms with Gasteiger partial charge in [0.25, 0.3) is 0 Å². The third-order valence-corrected chi connectivity index (χ3v) is 6.97. The summed E-state index contributed by atoms with van der Waals surface area (Å²) in [5, 5.41) is 15.6. The Hall–Kier alpha value is -1.46. The smallest absolute Gasteiger partial charge is 0.391 e. The minimum absolute atomic E-state index is 0.0379. The normalized spacial score (nSPS) is 36.1. The minimum atomic E-state index is -4.21. The molecule has 33 heavy (non-hydrogen) atoms. The second kappa shape index (κ2) is 11.3. The molecule has 11 heteroatoms. The first-order chi connectivity index (χ1) is 15.5. The van der Waals surface area contributed by atoms with Gasteiger partial charge in [0.05, 0.1) is 18.2 Å². The average Bonchev–Trinajstić information content (AvgIpc) is 3.19. The average molecular weight is 480 g/mol. The number of aliphatic hydroxyl groups excluding tert-OH is 1. The summed E-state index contributed by atoms with van der Waals surface area (Å²) in [6.45, 7) is 4.46. The lowest BCUT2D eigenvalue weighted by atomic mass is 9.80. The third kappa shape index (κ3) is 7.51. The van der Waals surface area contributed by atoms with Gasteiger partial charge in [-0.15, -0.1) is 0 Å². The van der Waals surface area contributed by atoms with Gasteiger partial charge in [-0.05, 0) is 50.9 Å². The second-order valence-corrected chi connectivity index (χ2v) is 10.1. The molecule has 2 aliphatic carbocycles. The van der Waals surface area contributed by atoms with Crippen LogP contribution in [0.1, 0.15) is 65.2 Å². The first kappa shape index (κ1) is 26.2. The van der Waals surface area contributed by atoms with Crippen molar-refractivity contribution in [2.75, 3.05) is 6.54 Å². The molecular weight excluding hydrogens is 442 g/mol. The number of aliphatic imine (C=N–C) groups is 1.